The molecular formula is C23H49NO2S. The van der Waals surface area contributed by atoms with Crippen molar-refractivity contribution in [1.82, 2.24) is 4.31 Å². The van der Waals surface area contributed by atoms with Crippen LogP contribution in [0, 0.1) is 0 Å². The molecule has 0 radical (unpaired) electrons. The second kappa shape index (κ2) is 19.2. The maximum atomic E-state index is 12.0. The van der Waals surface area contributed by atoms with Crippen molar-refractivity contribution >= 4 is 10.0 Å². The van der Waals surface area contributed by atoms with E-state index in [2.05, 4.69) is 13.8 Å². The van der Waals surface area contributed by atoms with Crippen molar-refractivity contribution in [2.24, 2.45) is 0 Å². The van der Waals surface area contributed by atoms with E-state index < -0.39 is 10.0 Å². The second-order valence-electron chi connectivity index (χ2n) is 8.32. The highest BCUT2D eigenvalue weighted by Crippen LogP contribution is 2.13. The van der Waals surface area contributed by atoms with E-state index in [9.17, 15) is 8.42 Å². The molecule has 3 nitrogen and oxygen atoms in total. The third kappa shape index (κ3) is 19.0. The lowest BCUT2D eigenvalue weighted by Gasteiger charge is -2.19. The number of sulfonamides is 1. The smallest absolute Gasteiger partial charge is 0.211 e. The van der Waals surface area contributed by atoms with Crippen LogP contribution in [0.25, 0.3) is 0 Å². The molecule has 0 aromatic heterocycles. The Kier molecular flexibility index (Phi) is 19.2. The zero-order chi connectivity index (χ0) is 20.2. The van der Waals surface area contributed by atoms with Crippen molar-refractivity contribution in [3.05, 3.63) is 0 Å². The maximum absolute atomic E-state index is 12.0. The first-order valence-electron chi connectivity index (χ1n) is 12.0. The van der Waals surface area contributed by atoms with E-state index in [-0.39, 0.29) is 0 Å². The Morgan fingerprint density at radius 1 is 0.481 bits per heavy atom. The van der Waals surface area contributed by atoms with Gasteiger partial charge in [0.1, 0.15) is 0 Å². The fourth-order valence-corrected chi connectivity index (χ4v) is 4.56. The molecule has 164 valence electrons. The van der Waals surface area contributed by atoms with Gasteiger partial charge in [-0.25, -0.2) is 12.7 Å². The number of rotatable bonds is 21. The summed E-state index contributed by atoms with van der Waals surface area (Å²) in [6, 6.07) is 0. The van der Waals surface area contributed by atoms with Gasteiger partial charge in [0.2, 0.25) is 10.0 Å². The predicted octanol–water partition coefficient (Wildman–Crippen LogP) is 7.31. The van der Waals surface area contributed by atoms with Gasteiger partial charge in [0.05, 0.1) is 6.26 Å². The summed E-state index contributed by atoms with van der Waals surface area (Å²) in [6.45, 7) is 5.93. The molecule has 0 aliphatic carbocycles. The summed E-state index contributed by atoms with van der Waals surface area (Å²) in [5, 5.41) is 0. The Morgan fingerprint density at radius 3 is 1.00 bits per heavy atom. The van der Waals surface area contributed by atoms with E-state index in [1.807, 2.05) is 0 Å². The Morgan fingerprint density at radius 2 is 0.741 bits per heavy atom. The fourth-order valence-electron chi connectivity index (χ4n) is 3.64. The van der Waals surface area contributed by atoms with Gasteiger partial charge in [0.25, 0.3) is 0 Å². The van der Waals surface area contributed by atoms with Gasteiger partial charge in [-0.3, -0.25) is 0 Å². The molecular weight excluding hydrogens is 354 g/mol. The van der Waals surface area contributed by atoms with E-state index >= 15 is 0 Å². The summed E-state index contributed by atoms with van der Waals surface area (Å²) in [5.41, 5.74) is 0. The third-order valence-corrected chi connectivity index (χ3v) is 6.79. The molecule has 27 heavy (non-hydrogen) atoms. The summed E-state index contributed by atoms with van der Waals surface area (Å²) in [6.07, 6.45) is 24.3. The van der Waals surface area contributed by atoms with Crippen LogP contribution in [0.2, 0.25) is 0 Å². The Bertz CT molecular complexity index is 373. The molecule has 0 aromatic carbocycles. The van der Waals surface area contributed by atoms with Crippen LogP contribution in [0.15, 0.2) is 0 Å². The summed E-state index contributed by atoms with van der Waals surface area (Å²) < 4.78 is 25.7. The number of nitrogens with zero attached hydrogens (tertiary/aromatic N) is 1. The third-order valence-electron chi connectivity index (χ3n) is 5.49. The molecule has 0 bridgehead atoms. The van der Waals surface area contributed by atoms with E-state index in [0.29, 0.717) is 13.1 Å². The first kappa shape index (κ1) is 26.9. The van der Waals surface area contributed by atoms with Crippen LogP contribution in [-0.2, 0) is 10.0 Å². The lowest BCUT2D eigenvalue weighted by atomic mass is 10.1. The Labute approximate surface area is 171 Å². The Balaban J connectivity index is 3.67. The molecule has 0 heterocycles. The minimum atomic E-state index is -3.05. The van der Waals surface area contributed by atoms with Gasteiger partial charge < -0.3 is 0 Å². The second-order valence-corrected chi connectivity index (χ2v) is 10.3. The van der Waals surface area contributed by atoms with E-state index in [1.165, 1.54) is 96.1 Å². The zero-order valence-corrected chi connectivity index (χ0v) is 19.6. The van der Waals surface area contributed by atoms with Gasteiger partial charge in [-0.2, -0.15) is 0 Å². The molecule has 0 unspecified atom stereocenters. The van der Waals surface area contributed by atoms with Gasteiger partial charge in [0, 0.05) is 13.1 Å². The molecule has 0 aromatic rings. The van der Waals surface area contributed by atoms with Crippen molar-refractivity contribution in [2.45, 2.75) is 129 Å². The van der Waals surface area contributed by atoms with Crippen LogP contribution in [0.1, 0.15) is 129 Å². The Hall–Kier alpha value is -0.0900. The molecule has 0 amide bonds. The molecule has 0 rings (SSSR count). The van der Waals surface area contributed by atoms with Crippen LogP contribution < -0.4 is 0 Å². The van der Waals surface area contributed by atoms with Crippen LogP contribution in [0.4, 0.5) is 0 Å². The van der Waals surface area contributed by atoms with E-state index in [0.717, 1.165) is 25.7 Å². The summed E-state index contributed by atoms with van der Waals surface area (Å²) in [4.78, 5) is 0. The fraction of sp³-hybridized carbons (Fsp3) is 1.00. The molecule has 0 atom stereocenters. The van der Waals surface area contributed by atoms with Crippen LogP contribution in [0.5, 0.6) is 0 Å². The number of unbranched alkanes of at least 4 members (excludes halogenated alkanes) is 16. The van der Waals surface area contributed by atoms with Crippen LogP contribution in [0.3, 0.4) is 0 Å². The van der Waals surface area contributed by atoms with E-state index in [1.54, 1.807) is 4.31 Å². The molecule has 0 spiro atoms. The van der Waals surface area contributed by atoms with Crippen molar-refractivity contribution < 1.29 is 8.42 Å². The van der Waals surface area contributed by atoms with Gasteiger partial charge in [-0.1, -0.05) is 117 Å². The van der Waals surface area contributed by atoms with Gasteiger partial charge >= 0.3 is 0 Å². The highest BCUT2D eigenvalue weighted by atomic mass is 32.2. The predicted molar refractivity (Wildman–Crippen MR) is 121 cm³/mol. The minimum Gasteiger partial charge on any atom is -0.213 e. The molecule has 0 saturated carbocycles. The molecule has 4 heteroatoms. The lowest BCUT2D eigenvalue weighted by Crippen LogP contribution is -2.32. The summed E-state index contributed by atoms with van der Waals surface area (Å²) in [5.74, 6) is 0. The largest absolute Gasteiger partial charge is 0.213 e. The van der Waals surface area contributed by atoms with Crippen LogP contribution >= 0.6 is 0 Å². The van der Waals surface area contributed by atoms with Gasteiger partial charge in [-0.15, -0.1) is 0 Å². The molecule has 0 aliphatic heterocycles. The maximum Gasteiger partial charge on any atom is 0.211 e. The van der Waals surface area contributed by atoms with Crippen molar-refractivity contribution in [3.63, 3.8) is 0 Å². The topological polar surface area (TPSA) is 37.4 Å². The first-order chi connectivity index (χ1) is 13.0. The van der Waals surface area contributed by atoms with Gasteiger partial charge in [-0.05, 0) is 12.8 Å². The number of hydrogen-bond acceptors (Lipinski definition) is 2. The summed E-state index contributed by atoms with van der Waals surface area (Å²) in [7, 11) is -3.05. The van der Waals surface area contributed by atoms with E-state index in [4.69, 9.17) is 0 Å². The van der Waals surface area contributed by atoms with Crippen LogP contribution in [-0.4, -0.2) is 32.1 Å². The standard InChI is InChI=1S/C23H49NO2S/c1-4-6-8-10-12-14-16-18-20-22-24(27(3,25)26)23-21-19-17-15-13-11-9-7-5-2/h4-23H2,1-3H3. The molecule has 0 N–H and O–H groups in total. The average Bonchev–Trinajstić information content (AvgIpc) is 2.62. The summed E-state index contributed by atoms with van der Waals surface area (Å²) >= 11 is 0. The zero-order valence-electron chi connectivity index (χ0n) is 18.8. The quantitative estimate of drug-likeness (QED) is 0.188. The highest BCUT2D eigenvalue weighted by Gasteiger charge is 2.15. The number of hydrogen-bond donors (Lipinski definition) is 0. The monoisotopic (exact) mass is 403 g/mol. The SMILES string of the molecule is CCCCCCCCCCCN(CCCCCCCCCCC)S(C)(=O)=O. The van der Waals surface area contributed by atoms with Crippen molar-refractivity contribution in [3.8, 4) is 0 Å². The average molecular weight is 404 g/mol. The van der Waals surface area contributed by atoms with Gasteiger partial charge in [0.15, 0.2) is 0 Å². The lowest BCUT2D eigenvalue weighted by molar-refractivity contribution is 0.386. The first-order valence-corrected chi connectivity index (χ1v) is 13.8. The normalized spacial score (nSPS) is 12.1. The molecule has 0 aliphatic rings. The highest BCUT2D eigenvalue weighted by molar-refractivity contribution is 7.88. The van der Waals surface area contributed by atoms with Crippen molar-refractivity contribution in [2.75, 3.05) is 19.3 Å². The van der Waals surface area contributed by atoms with Crippen molar-refractivity contribution in [1.29, 1.82) is 0 Å². The minimum absolute atomic E-state index is 0.714. The molecule has 0 saturated heterocycles. The molecule has 0 fully saturated rings.